The molecule has 1 aromatic heterocycles. The minimum Gasteiger partial charge on any atom is -0.481 e. The third kappa shape index (κ3) is 3.77. The lowest BCUT2D eigenvalue weighted by molar-refractivity contribution is 0.318. The molecule has 8 nitrogen and oxygen atoms in total. The van der Waals surface area contributed by atoms with E-state index in [4.69, 9.17) is 9.47 Å². The highest BCUT2D eigenvalue weighted by Crippen LogP contribution is 2.24. The Kier molecular flexibility index (Phi) is 5.07. The number of nitrogens with zero attached hydrogens (tertiary/aromatic N) is 4. The number of rotatable bonds is 5. The summed E-state index contributed by atoms with van der Waals surface area (Å²) in [6.45, 7) is 1.31. The van der Waals surface area contributed by atoms with Crippen molar-refractivity contribution in [1.82, 2.24) is 14.3 Å². The third-order valence-electron chi connectivity index (χ3n) is 3.80. The molecule has 2 heterocycles. The fourth-order valence-electron chi connectivity index (χ4n) is 2.45. The maximum Gasteiger partial charge on any atom is 0.232 e. The number of aromatic nitrogens is 2. The van der Waals surface area contributed by atoms with Crippen molar-refractivity contribution in [3.8, 4) is 11.8 Å². The Balaban J connectivity index is 2.22. The SMILES string of the molecule is COc1cc(OC)nc(N2CCCC(N(C)S(C)(=O)=O)C2)n1. The number of hydrogen-bond donors (Lipinski definition) is 0. The molecule has 9 heteroatoms. The molecular weight excluding hydrogens is 308 g/mol. The first-order chi connectivity index (χ1) is 10.3. The van der Waals surface area contributed by atoms with Gasteiger partial charge in [0.1, 0.15) is 0 Å². The van der Waals surface area contributed by atoms with E-state index in [1.54, 1.807) is 13.1 Å². The van der Waals surface area contributed by atoms with Crippen molar-refractivity contribution in [3.05, 3.63) is 6.07 Å². The molecular formula is C13H22N4O4S. The van der Waals surface area contributed by atoms with E-state index in [2.05, 4.69) is 9.97 Å². The fraction of sp³-hybridized carbons (Fsp3) is 0.692. The standard InChI is InChI=1S/C13H22N4O4S/c1-16(22(4,18)19)10-6-5-7-17(9-10)13-14-11(20-2)8-12(15-13)21-3/h8,10H,5-7,9H2,1-4H3. The zero-order valence-corrected chi connectivity index (χ0v) is 14.1. The summed E-state index contributed by atoms with van der Waals surface area (Å²) in [5.74, 6) is 1.32. The van der Waals surface area contributed by atoms with Crippen LogP contribution in [-0.2, 0) is 10.0 Å². The van der Waals surface area contributed by atoms with Crippen LogP contribution in [0.5, 0.6) is 11.8 Å². The topological polar surface area (TPSA) is 84.9 Å². The molecule has 0 N–H and O–H groups in total. The van der Waals surface area contributed by atoms with Gasteiger partial charge < -0.3 is 14.4 Å². The molecule has 0 saturated carbocycles. The van der Waals surface area contributed by atoms with Crippen LogP contribution in [0.15, 0.2) is 6.07 Å². The largest absolute Gasteiger partial charge is 0.481 e. The van der Waals surface area contributed by atoms with Gasteiger partial charge in [-0.15, -0.1) is 0 Å². The van der Waals surface area contributed by atoms with Crippen LogP contribution in [0.3, 0.4) is 0 Å². The highest BCUT2D eigenvalue weighted by molar-refractivity contribution is 7.88. The van der Waals surface area contributed by atoms with E-state index in [-0.39, 0.29) is 6.04 Å². The molecule has 1 fully saturated rings. The molecule has 1 aromatic rings. The van der Waals surface area contributed by atoms with Gasteiger partial charge in [-0.2, -0.15) is 9.97 Å². The number of ether oxygens (including phenoxy) is 2. The van der Waals surface area contributed by atoms with E-state index in [1.165, 1.54) is 24.8 Å². The van der Waals surface area contributed by atoms with Crippen LogP contribution < -0.4 is 14.4 Å². The predicted octanol–water partition coefficient (Wildman–Crippen LogP) is 0.354. The lowest BCUT2D eigenvalue weighted by atomic mass is 10.1. The predicted molar refractivity (Wildman–Crippen MR) is 83.0 cm³/mol. The summed E-state index contributed by atoms with van der Waals surface area (Å²) >= 11 is 0. The third-order valence-corrected chi connectivity index (χ3v) is 5.15. The molecule has 0 bridgehead atoms. The molecule has 1 saturated heterocycles. The Morgan fingerprint density at radius 2 is 1.86 bits per heavy atom. The minimum absolute atomic E-state index is 0.0930. The second kappa shape index (κ2) is 6.66. The monoisotopic (exact) mass is 330 g/mol. The van der Waals surface area contributed by atoms with Crippen molar-refractivity contribution in [2.75, 3.05) is 45.5 Å². The summed E-state index contributed by atoms with van der Waals surface area (Å²) in [7, 11) is 1.45. The van der Waals surface area contributed by atoms with Gasteiger partial charge in [0.15, 0.2) is 0 Å². The highest BCUT2D eigenvalue weighted by Gasteiger charge is 2.29. The van der Waals surface area contributed by atoms with Gasteiger partial charge in [-0.25, -0.2) is 12.7 Å². The zero-order valence-electron chi connectivity index (χ0n) is 13.3. The second-order valence-electron chi connectivity index (χ2n) is 5.27. The average molecular weight is 330 g/mol. The summed E-state index contributed by atoms with van der Waals surface area (Å²) in [5.41, 5.74) is 0. The van der Waals surface area contributed by atoms with Gasteiger partial charge in [0.25, 0.3) is 0 Å². The summed E-state index contributed by atoms with van der Waals surface area (Å²) in [4.78, 5) is 10.6. The summed E-state index contributed by atoms with van der Waals surface area (Å²) in [6.07, 6.45) is 2.91. The minimum atomic E-state index is -3.22. The lowest BCUT2D eigenvalue weighted by Gasteiger charge is -2.36. The molecule has 0 spiro atoms. The van der Waals surface area contributed by atoms with Gasteiger partial charge in [0, 0.05) is 26.2 Å². The van der Waals surface area contributed by atoms with Crippen LogP contribution in [0, 0.1) is 0 Å². The first-order valence-corrected chi connectivity index (χ1v) is 8.85. The molecule has 1 aliphatic rings. The fourth-order valence-corrected chi connectivity index (χ4v) is 3.16. The first-order valence-electron chi connectivity index (χ1n) is 7.00. The van der Waals surface area contributed by atoms with Crippen molar-refractivity contribution in [1.29, 1.82) is 0 Å². The van der Waals surface area contributed by atoms with Gasteiger partial charge in [-0.3, -0.25) is 0 Å². The number of methoxy groups -OCH3 is 2. The maximum atomic E-state index is 11.7. The van der Waals surface area contributed by atoms with Crippen LogP contribution in [-0.4, -0.2) is 69.3 Å². The second-order valence-corrected chi connectivity index (χ2v) is 7.32. The van der Waals surface area contributed by atoms with Crippen molar-refractivity contribution < 1.29 is 17.9 Å². The smallest absolute Gasteiger partial charge is 0.232 e. The lowest BCUT2D eigenvalue weighted by Crippen LogP contribution is -2.48. The quantitative estimate of drug-likeness (QED) is 0.770. The molecule has 22 heavy (non-hydrogen) atoms. The highest BCUT2D eigenvalue weighted by atomic mass is 32.2. The van der Waals surface area contributed by atoms with Crippen molar-refractivity contribution in [3.63, 3.8) is 0 Å². The Morgan fingerprint density at radius 1 is 1.27 bits per heavy atom. The Morgan fingerprint density at radius 3 is 2.36 bits per heavy atom. The van der Waals surface area contributed by atoms with Crippen LogP contribution >= 0.6 is 0 Å². The van der Waals surface area contributed by atoms with Crippen molar-refractivity contribution in [2.24, 2.45) is 0 Å². The van der Waals surface area contributed by atoms with Gasteiger partial charge in [-0.1, -0.05) is 0 Å². The van der Waals surface area contributed by atoms with E-state index in [1.807, 2.05) is 4.90 Å². The number of hydrogen-bond acceptors (Lipinski definition) is 7. The molecule has 1 unspecified atom stereocenters. The number of likely N-dealkylation sites (N-methyl/N-ethyl adjacent to an activating group) is 1. The molecule has 0 radical (unpaired) electrons. The van der Waals surface area contributed by atoms with Gasteiger partial charge in [0.2, 0.25) is 27.7 Å². The Labute approximate surface area is 131 Å². The van der Waals surface area contributed by atoms with E-state index in [0.29, 0.717) is 24.3 Å². The summed E-state index contributed by atoms with van der Waals surface area (Å²) in [6, 6.07) is 1.51. The number of sulfonamides is 1. The van der Waals surface area contributed by atoms with Gasteiger partial charge in [-0.05, 0) is 12.8 Å². The summed E-state index contributed by atoms with van der Waals surface area (Å²) < 4.78 is 35.1. The van der Waals surface area contributed by atoms with Crippen molar-refractivity contribution >= 4 is 16.0 Å². The number of piperidine rings is 1. The maximum absolute atomic E-state index is 11.7. The van der Waals surface area contributed by atoms with E-state index >= 15 is 0 Å². The van der Waals surface area contributed by atoms with Gasteiger partial charge >= 0.3 is 0 Å². The van der Waals surface area contributed by atoms with E-state index in [9.17, 15) is 8.42 Å². The average Bonchev–Trinajstić information content (AvgIpc) is 2.52. The molecule has 0 aromatic carbocycles. The zero-order chi connectivity index (χ0) is 16.3. The molecule has 1 aliphatic heterocycles. The van der Waals surface area contributed by atoms with Crippen molar-refractivity contribution in [2.45, 2.75) is 18.9 Å². The molecule has 2 rings (SSSR count). The van der Waals surface area contributed by atoms with Crippen LogP contribution in [0.4, 0.5) is 5.95 Å². The molecule has 124 valence electrons. The first kappa shape index (κ1) is 16.8. The molecule has 0 aliphatic carbocycles. The van der Waals surface area contributed by atoms with Crippen LogP contribution in [0.25, 0.3) is 0 Å². The molecule has 0 amide bonds. The number of anilines is 1. The Hall–Kier alpha value is -1.61. The van der Waals surface area contributed by atoms with E-state index in [0.717, 1.165) is 19.4 Å². The van der Waals surface area contributed by atoms with Gasteiger partial charge in [0.05, 0.1) is 26.5 Å². The van der Waals surface area contributed by atoms with Crippen LogP contribution in [0.2, 0.25) is 0 Å². The Bertz CT molecular complexity index is 600. The summed E-state index contributed by atoms with van der Waals surface area (Å²) in [5, 5.41) is 0. The van der Waals surface area contributed by atoms with E-state index < -0.39 is 10.0 Å². The van der Waals surface area contributed by atoms with Crippen LogP contribution in [0.1, 0.15) is 12.8 Å². The normalized spacial score (nSPS) is 19.3. The molecule has 1 atom stereocenters.